The van der Waals surface area contributed by atoms with Gasteiger partial charge < -0.3 is 5.11 Å². The highest BCUT2D eigenvalue weighted by molar-refractivity contribution is 7.89. The van der Waals surface area contributed by atoms with Gasteiger partial charge in [-0.1, -0.05) is 26.8 Å². The summed E-state index contributed by atoms with van der Waals surface area (Å²) in [6.07, 6.45) is 0.655. The third-order valence-electron chi connectivity index (χ3n) is 2.64. The standard InChI is InChI=1S/C13H20FNO3S/c1-13(2,3)6-7-15-19(17,18)12-5-4-10(9-16)8-11(12)14/h4-5,8,15-16H,6-7,9H2,1-3H3. The van der Waals surface area contributed by atoms with E-state index in [0.717, 1.165) is 6.07 Å². The lowest BCUT2D eigenvalue weighted by molar-refractivity contribution is 0.281. The molecule has 0 bridgehead atoms. The first kappa shape index (κ1) is 16.1. The van der Waals surface area contributed by atoms with Gasteiger partial charge in [-0.2, -0.15) is 0 Å². The largest absolute Gasteiger partial charge is 0.392 e. The minimum absolute atomic E-state index is 0.00180. The van der Waals surface area contributed by atoms with E-state index >= 15 is 0 Å². The van der Waals surface area contributed by atoms with E-state index < -0.39 is 20.7 Å². The first-order chi connectivity index (χ1) is 8.65. The number of hydrogen-bond acceptors (Lipinski definition) is 3. The lowest BCUT2D eigenvalue weighted by Crippen LogP contribution is -2.28. The zero-order valence-electron chi connectivity index (χ0n) is 11.4. The lowest BCUT2D eigenvalue weighted by atomic mass is 9.93. The van der Waals surface area contributed by atoms with Gasteiger partial charge in [0, 0.05) is 6.54 Å². The monoisotopic (exact) mass is 289 g/mol. The number of nitrogens with one attached hydrogen (secondary N) is 1. The summed E-state index contributed by atoms with van der Waals surface area (Å²) in [5, 5.41) is 8.85. The third kappa shape index (κ3) is 4.89. The van der Waals surface area contributed by atoms with Crippen LogP contribution in [0.15, 0.2) is 23.1 Å². The van der Waals surface area contributed by atoms with Gasteiger partial charge in [-0.05, 0) is 29.5 Å². The number of hydrogen-bond donors (Lipinski definition) is 2. The number of halogens is 1. The van der Waals surface area contributed by atoms with Crippen LogP contribution in [0, 0.1) is 11.2 Å². The molecule has 1 aromatic carbocycles. The molecule has 0 atom stereocenters. The van der Waals surface area contributed by atoms with Crippen LogP contribution in [0.25, 0.3) is 0 Å². The molecule has 0 fully saturated rings. The normalized spacial score (nSPS) is 12.7. The van der Waals surface area contributed by atoms with Crippen LogP contribution < -0.4 is 4.72 Å². The van der Waals surface area contributed by atoms with Crippen molar-refractivity contribution in [3.8, 4) is 0 Å². The fourth-order valence-corrected chi connectivity index (χ4v) is 2.59. The van der Waals surface area contributed by atoms with E-state index in [-0.39, 0.29) is 18.6 Å². The van der Waals surface area contributed by atoms with Crippen LogP contribution in [0.4, 0.5) is 4.39 Å². The van der Waals surface area contributed by atoms with Gasteiger partial charge >= 0.3 is 0 Å². The Labute approximate surface area is 113 Å². The highest BCUT2D eigenvalue weighted by atomic mass is 32.2. The lowest BCUT2D eigenvalue weighted by Gasteiger charge is -2.18. The molecule has 4 nitrogen and oxygen atoms in total. The Morgan fingerprint density at radius 1 is 1.32 bits per heavy atom. The Morgan fingerprint density at radius 3 is 2.42 bits per heavy atom. The quantitative estimate of drug-likeness (QED) is 0.871. The third-order valence-corrected chi connectivity index (χ3v) is 4.13. The summed E-state index contributed by atoms with van der Waals surface area (Å²) in [5.74, 6) is -0.852. The number of benzene rings is 1. The maximum absolute atomic E-state index is 13.7. The summed E-state index contributed by atoms with van der Waals surface area (Å²) in [6, 6.07) is 3.58. The van der Waals surface area contributed by atoms with Crippen molar-refractivity contribution in [2.45, 2.75) is 38.7 Å². The van der Waals surface area contributed by atoms with Crippen LogP contribution in [0.1, 0.15) is 32.8 Å². The van der Waals surface area contributed by atoms with Crippen molar-refractivity contribution in [1.82, 2.24) is 4.72 Å². The fraction of sp³-hybridized carbons (Fsp3) is 0.538. The molecule has 1 rings (SSSR count). The van der Waals surface area contributed by atoms with Crippen molar-refractivity contribution in [2.75, 3.05) is 6.54 Å². The summed E-state index contributed by atoms with van der Waals surface area (Å²) in [4.78, 5) is -0.390. The van der Waals surface area contributed by atoms with Gasteiger partial charge in [0.25, 0.3) is 0 Å². The molecule has 0 aliphatic carbocycles. The molecular weight excluding hydrogens is 269 g/mol. The Morgan fingerprint density at radius 2 is 1.95 bits per heavy atom. The molecule has 0 saturated carbocycles. The SMILES string of the molecule is CC(C)(C)CCNS(=O)(=O)c1ccc(CO)cc1F. The second-order valence-electron chi connectivity index (χ2n) is 5.63. The maximum Gasteiger partial charge on any atom is 0.243 e. The van der Waals surface area contributed by atoms with Crippen LogP contribution in [-0.4, -0.2) is 20.1 Å². The Bertz CT molecular complexity index is 535. The molecule has 1 aromatic rings. The van der Waals surface area contributed by atoms with E-state index in [1.165, 1.54) is 12.1 Å². The number of aliphatic hydroxyl groups is 1. The summed E-state index contributed by atoms with van der Waals surface area (Å²) in [5.41, 5.74) is 0.341. The number of aliphatic hydroxyl groups excluding tert-OH is 1. The molecule has 2 N–H and O–H groups in total. The van der Waals surface area contributed by atoms with Gasteiger partial charge in [-0.25, -0.2) is 17.5 Å². The van der Waals surface area contributed by atoms with Gasteiger partial charge in [-0.3, -0.25) is 0 Å². The molecule has 0 aromatic heterocycles. The Hall–Kier alpha value is -0.980. The highest BCUT2D eigenvalue weighted by Gasteiger charge is 2.20. The van der Waals surface area contributed by atoms with E-state index in [2.05, 4.69) is 4.72 Å². The smallest absolute Gasteiger partial charge is 0.243 e. The van der Waals surface area contributed by atoms with Crippen LogP contribution in [-0.2, 0) is 16.6 Å². The van der Waals surface area contributed by atoms with E-state index in [1.54, 1.807) is 0 Å². The van der Waals surface area contributed by atoms with E-state index in [9.17, 15) is 12.8 Å². The predicted molar refractivity (Wildman–Crippen MR) is 71.6 cm³/mol. The molecule has 19 heavy (non-hydrogen) atoms. The highest BCUT2D eigenvalue weighted by Crippen LogP contribution is 2.19. The molecule has 0 aliphatic rings. The van der Waals surface area contributed by atoms with Crippen LogP contribution in [0.2, 0.25) is 0 Å². The minimum atomic E-state index is -3.84. The molecule has 0 unspecified atom stereocenters. The predicted octanol–water partition coefficient (Wildman–Crippen LogP) is 2.03. The number of rotatable bonds is 5. The number of sulfonamides is 1. The molecule has 6 heteroatoms. The first-order valence-electron chi connectivity index (χ1n) is 6.05. The van der Waals surface area contributed by atoms with Crippen molar-refractivity contribution >= 4 is 10.0 Å². The second-order valence-corrected chi connectivity index (χ2v) is 7.37. The molecule has 0 amide bonds. The Kier molecular flexibility index (Phi) is 5.06. The summed E-state index contributed by atoms with van der Waals surface area (Å²) in [7, 11) is -3.84. The van der Waals surface area contributed by atoms with Crippen LogP contribution in [0.3, 0.4) is 0 Å². The zero-order chi connectivity index (χ0) is 14.7. The zero-order valence-corrected chi connectivity index (χ0v) is 12.2. The molecular formula is C13H20FNO3S. The van der Waals surface area contributed by atoms with E-state index in [0.29, 0.717) is 12.0 Å². The van der Waals surface area contributed by atoms with Crippen molar-refractivity contribution in [1.29, 1.82) is 0 Å². The molecule has 0 heterocycles. The Balaban J connectivity index is 2.83. The van der Waals surface area contributed by atoms with Crippen molar-refractivity contribution in [2.24, 2.45) is 5.41 Å². The topological polar surface area (TPSA) is 66.4 Å². The van der Waals surface area contributed by atoms with E-state index in [1.807, 2.05) is 20.8 Å². The van der Waals surface area contributed by atoms with Gasteiger partial charge in [0.1, 0.15) is 10.7 Å². The van der Waals surface area contributed by atoms with Gasteiger partial charge in [-0.15, -0.1) is 0 Å². The summed E-state index contributed by atoms with van der Waals surface area (Å²) in [6.45, 7) is 5.93. The van der Waals surface area contributed by atoms with Crippen molar-refractivity contribution in [3.05, 3.63) is 29.6 Å². The van der Waals surface area contributed by atoms with Gasteiger partial charge in [0.05, 0.1) is 6.61 Å². The van der Waals surface area contributed by atoms with Crippen LogP contribution in [0.5, 0.6) is 0 Å². The molecule has 0 radical (unpaired) electrons. The fourth-order valence-electron chi connectivity index (χ4n) is 1.50. The average Bonchev–Trinajstić information content (AvgIpc) is 2.26. The van der Waals surface area contributed by atoms with Crippen LogP contribution >= 0.6 is 0 Å². The first-order valence-corrected chi connectivity index (χ1v) is 7.53. The summed E-state index contributed by atoms with van der Waals surface area (Å²) >= 11 is 0. The molecule has 108 valence electrons. The van der Waals surface area contributed by atoms with E-state index in [4.69, 9.17) is 5.11 Å². The van der Waals surface area contributed by atoms with Crippen molar-refractivity contribution < 1.29 is 17.9 Å². The maximum atomic E-state index is 13.7. The molecule has 0 aliphatic heterocycles. The molecule has 0 spiro atoms. The summed E-state index contributed by atoms with van der Waals surface area (Å²) < 4.78 is 39.9. The minimum Gasteiger partial charge on any atom is -0.392 e. The van der Waals surface area contributed by atoms with Crippen molar-refractivity contribution in [3.63, 3.8) is 0 Å². The molecule has 0 saturated heterocycles. The average molecular weight is 289 g/mol. The van der Waals surface area contributed by atoms with Gasteiger partial charge in [0.15, 0.2) is 0 Å². The van der Waals surface area contributed by atoms with Gasteiger partial charge in [0.2, 0.25) is 10.0 Å². The second kappa shape index (κ2) is 5.98.